The van der Waals surface area contributed by atoms with Crippen molar-refractivity contribution in [3.05, 3.63) is 33.3 Å². The van der Waals surface area contributed by atoms with Gasteiger partial charge in [0.15, 0.2) is 6.10 Å². The van der Waals surface area contributed by atoms with Crippen molar-refractivity contribution in [2.45, 2.75) is 19.4 Å². The average Bonchev–Trinajstić information content (AvgIpc) is 2.23. The molecule has 1 unspecified atom stereocenters. The second-order valence-corrected chi connectivity index (χ2v) is 4.30. The van der Waals surface area contributed by atoms with Crippen molar-refractivity contribution in [1.82, 2.24) is 0 Å². The summed E-state index contributed by atoms with van der Waals surface area (Å²) >= 11 is 3.31. The Morgan fingerprint density at radius 3 is 3.00 bits per heavy atom. The summed E-state index contributed by atoms with van der Waals surface area (Å²) in [5.41, 5.74) is 2.48. The van der Waals surface area contributed by atoms with Crippen LogP contribution in [0, 0.1) is 18.3 Å². The molecule has 0 amide bonds. The molecule has 3 nitrogen and oxygen atoms in total. The molecule has 15 heavy (non-hydrogen) atoms. The van der Waals surface area contributed by atoms with E-state index in [9.17, 15) is 4.79 Å². The smallest absolute Gasteiger partial charge is 0.340 e. The first kappa shape index (κ1) is 10.2. The van der Waals surface area contributed by atoms with E-state index in [0.717, 1.165) is 15.6 Å². The molecule has 2 rings (SSSR count). The Kier molecular flexibility index (Phi) is 2.49. The van der Waals surface area contributed by atoms with E-state index in [-0.39, 0.29) is 0 Å². The van der Waals surface area contributed by atoms with Crippen molar-refractivity contribution < 1.29 is 9.53 Å². The van der Waals surface area contributed by atoms with Crippen LogP contribution >= 0.6 is 15.9 Å². The lowest BCUT2D eigenvalue weighted by atomic mass is 9.95. The molecule has 1 aliphatic rings. The van der Waals surface area contributed by atoms with Gasteiger partial charge in [-0.1, -0.05) is 6.07 Å². The third-order valence-corrected chi connectivity index (χ3v) is 3.14. The van der Waals surface area contributed by atoms with Crippen molar-refractivity contribution in [1.29, 1.82) is 5.26 Å². The molecule has 4 heteroatoms. The molecule has 1 heterocycles. The van der Waals surface area contributed by atoms with Crippen LogP contribution in [0.25, 0.3) is 0 Å². The Bertz CT molecular complexity index is 476. The van der Waals surface area contributed by atoms with Crippen LogP contribution in [0.15, 0.2) is 16.6 Å². The molecular formula is C11H8BrNO2. The fourth-order valence-corrected chi connectivity index (χ4v) is 2.23. The largest absolute Gasteiger partial charge is 0.443 e. The van der Waals surface area contributed by atoms with E-state index in [1.54, 1.807) is 0 Å². The molecule has 0 bridgehead atoms. The van der Waals surface area contributed by atoms with E-state index in [0.29, 0.717) is 12.0 Å². The van der Waals surface area contributed by atoms with Crippen LogP contribution in [0.2, 0.25) is 0 Å². The van der Waals surface area contributed by atoms with Crippen LogP contribution in [-0.2, 0) is 11.2 Å². The summed E-state index contributed by atoms with van der Waals surface area (Å²) in [6.07, 6.45) is -0.180. The van der Waals surface area contributed by atoms with Gasteiger partial charge in [0.25, 0.3) is 0 Å². The number of carbonyl (C=O) groups is 1. The number of nitriles is 1. The van der Waals surface area contributed by atoms with Crippen LogP contribution in [0.4, 0.5) is 0 Å². The van der Waals surface area contributed by atoms with Gasteiger partial charge < -0.3 is 4.74 Å². The number of benzene rings is 1. The van der Waals surface area contributed by atoms with E-state index >= 15 is 0 Å². The van der Waals surface area contributed by atoms with Gasteiger partial charge in [-0.3, -0.25) is 0 Å². The highest BCUT2D eigenvalue weighted by Crippen LogP contribution is 2.29. The lowest BCUT2D eigenvalue weighted by Crippen LogP contribution is -2.27. The standard InChI is InChI=1S/C11H8BrNO2/c1-6-2-3-9(12)10-8(6)4-7(5-13)15-11(10)14/h2-3,7H,4H2,1H3. The van der Waals surface area contributed by atoms with Crippen LogP contribution < -0.4 is 0 Å². The van der Waals surface area contributed by atoms with Gasteiger partial charge in [-0.25, -0.2) is 4.79 Å². The van der Waals surface area contributed by atoms with Crippen molar-refractivity contribution >= 4 is 21.9 Å². The van der Waals surface area contributed by atoms with E-state index in [2.05, 4.69) is 15.9 Å². The molecular weight excluding hydrogens is 258 g/mol. The van der Waals surface area contributed by atoms with Gasteiger partial charge in [-0.15, -0.1) is 0 Å². The number of cyclic esters (lactones) is 1. The number of fused-ring (bicyclic) bond motifs is 1. The number of halogens is 1. The number of hydrogen-bond donors (Lipinski definition) is 0. The minimum absolute atomic E-state index is 0.418. The third kappa shape index (κ3) is 1.64. The van der Waals surface area contributed by atoms with E-state index in [1.165, 1.54) is 0 Å². The predicted molar refractivity (Wildman–Crippen MR) is 57.4 cm³/mol. The molecule has 0 radical (unpaired) electrons. The van der Waals surface area contributed by atoms with Gasteiger partial charge >= 0.3 is 5.97 Å². The Balaban J connectivity index is 2.60. The fraction of sp³-hybridized carbons (Fsp3) is 0.273. The summed E-state index contributed by atoms with van der Waals surface area (Å²) in [4.78, 5) is 11.6. The molecule has 0 fully saturated rings. The summed E-state index contributed by atoms with van der Waals surface area (Å²) in [5.74, 6) is -0.418. The van der Waals surface area contributed by atoms with Crippen LogP contribution in [0.1, 0.15) is 21.5 Å². The molecule has 0 saturated heterocycles. The number of aryl methyl sites for hydroxylation is 1. The molecule has 0 aliphatic carbocycles. The first-order chi connectivity index (χ1) is 7.13. The quantitative estimate of drug-likeness (QED) is 0.677. The minimum atomic E-state index is -0.655. The number of rotatable bonds is 0. The molecule has 0 aromatic heterocycles. The van der Waals surface area contributed by atoms with Crippen LogP contribution in [0.5, 0.6) is 0 Å². The van der Waals surface area contributed by atoms with Gasteiger partial charge in [0, 0.05) is 10.9 Å². The molecule has 0 spiro atoms. The molecule has 0 N–H and O–H groups in total. The van der Waals surface area contributed by atoms with Gasteiger partial charge in [-0.05, 0) is 40.0 Å². The van der Waals surface area contributed by atoms with E-state index < -0.39 is 12.1 Å². The van der Waals surface area contributed by atoms with Crippen molar-refractivity contribution in [2.24, 2.45) is 0 Å². The Hall–Kier alpha value is -1.34. The second kappa shape index (κ2) is 3.67. The van der Waals surface area contributed by atoms with E-state index in [4.69, 9.17) is 10.00 Å². The first-order valence-corrected chi connectivity index (χ1v) is 5.31. The summed E-state index contributed by atoms with van der Waals surface area (Å²) in [5, 5.41) is 8.76. The van der Waals surface area contributed by atoms with Gasteiger partial charge in [-0.2, -0.15) is 5.26 Å². The monoisotopic (exact) mass is 265 g/mol. The van der Waals surface area contributed by atoms with Crippen molar-refractivity contribution in [2.75, 3.05) is 0 Å². The summed E-state index contributed by atoms with van der Waals surface area (Å²) < 4.78 is 5.69. The molecule has 1 aromatic carbocycles. The highest BCUT2D eigenvalue weighted by atomic mass is 79.9. The lowest BCUT2D eigenvalue weighted by molar-refractivity contribution is 0.0368. The first-order valence-electron chi connectivity index (χ1n) is 4.52. The third-order valence-electron chi connectivity index (χ3n) is 2.48. The normalized spacial score (nSPS) is 19.0. The highest BCUT2D eigenvalue weighted by Gasteiger charge is 2.29. The number of ether oxygens (including phenoxy) is 1. The zero-order valence-corrected chi connectivity index (χ0v) is 9.67. The zero-order chi connectivity index (χ0) is 11.0. The molecule has 1 atom stereocenters. The Labute approximate surface area is 95.8 Å². The number of nitrogens with zero attached hydrogens (tertiary/aromatic N) is 1. The van der Waals surface area contributed by atoms with Gasteiger partial charge in [0.05, 0.1) is 5.56 Å². The maximum atomic E-state index is 11.6. The van der Waals surface area contributed by atoms with Gasteiger partial charge in [0.1, 0.15) is 6.07 Å². The number of carbonyl (C=O) groups excluding carboxylic acids is 1. The highest BCUT2D eigenvalue weighted by molar-refractivity contribution is 9.10. The summed E-state index contributed by atoms with van der Waals surface area (Å²) in [6.45, 7) is 1.93. The summed E-state index contributed by atoms with van der Waals surface area (Å²) in [6, 6.07) is 5.71. The molecule has 1 aromatic rings. The van der Waals surface area contributed by atoms with Crippen molar-refractivity contribution in [3.8, 4) is 6.07 Å². The summed E-state index contributed by atoms with van der Waals surface area (Å²) in [7, 11) is 0. The average molecular weight is 266 g/mol. The van der Waals surface area contributed by atoms with E-state index in [1.807, 2.05) is 25.1 Å². The SMILES string of the molecule is Cc1ccc(Br)c2c1CC(C#N)OC2=O. The minimum Gasteiger partial charge on any atom is -0.443 e. The number of esters is 1. The predicted octanol–water partition coefficient (Wildman–Crippen LogP) is 2.36. The topological polar surface area (TPSA) is 50.1 Å². The zero-order valence-electron chi connectivity index (χ0n) is 8.08. The molecule has 0 saturated carbocycles. The second-order valence-electron chi connectivity index (χ2n) is 3.45. The maximum absolute atomic E-state index is 11.6. The Morgan fingerprint density at radius 2 is 2.33 bits per heavy atom. The fourth-order valence-electron chi connectivity index (χ4n) is 1.69. The maximum Gasteiger partial charge on any atom is 0.340 e. The number of hydrogen-bond acceptors (Lipinski definition) is 3. The van der Waals surface area contributed by atoms with Crippen LogP contribution in [-0.4, -0.2) is 12.1 Å². The van der Waals surface area contributed by atoms with Crippen LogP contribution in [0.3, 0.4) is 0 Å². The Morgan fingerprint density at radius 1 is 1.60 bits per heavy atom. The molecule has 76 valence electrons. The molecule has 1 aliphatic heterocycles. The van der Waals surface area contributed by atoms with Gasteiger partial charge in [0.2, 0.25) is 0 Å². The van der Waals surface area contributed by atoms with Crippen molar-refractivity contribution in [3.63, 3.8) is 0 Å². The lowest BCUT2D eigenvalue weighted by Gasteiger charge is -2.22.